The largest absolute Gasteiger partial charge is 0.651 e. The predicted molar refractivity (Wildman–Crippen MR) is 37.4 cm³/mol. The topological polar surface area (TPSA) is 51.4 Å². The minimum absolute atomic E-state index is 0. The molecule has 59 valence electrons. The van der Waals surface area contributed by atoms with Crippen molar-refractivity contribution in [3.05, 3.63) is 12.7 Å². The maximum absolute atomic E-state index is 10.2. The summed E-state index contributed by atoms with van der Waals surface area (Å²) in [4.78, 5) is 10.2. The average molecular weight is 220 g/mol. The van der Waals surface area contributed by atoms with Crippen LogP contribution < -0.4 is 0 Å². The van der Waals surface area contributed by atoms with Crippen LogP contribution in [0.15, 0.2) is 0 Å². The number of aliphatic carboxylic acids is 1. The Morgan fingerprint density at radius 1 is 1.50 bits per heavy atom. The number of carboxylic acids is 1. The molecule has 0 aromatic rings. The molecule has 3 nitrogen and oxygen atoms in total. The van der Waals surface area contributed by atoms with Crippen molar-refractivity contribution >= 4 is 5.97 Å². The molecule has 4 heteroatoms. The number of carbonyl (C=O) groups is 1. The Bertz CT molecular complexity index is 104. The van der Waals surface area contributed by atoms with Gasteiger partial charge < -0.3 is 17.8 Å². The molecule has 0 atom stereocenters. The maximum Gasteiger partial charge on any atom is 0.288 e. The average Bonchev–Trinajstić information content (AvgIpc) is 1.67. The van der Waals surface area contributed by atoms with Gasteiger partial charge in [0.2, 0.25) is 0 Å². The SMILES string of the molecule is C[N-]C(C)(C)C(=O)O.[CH3-].[Y]. The molecule has 0 aromatic carbocycles. The molecule has 0 saturated heterocycles. The normalized spacial score (nSPS) is 9.10. The summed E-state index contributed by atoms with van der Waals surface area (Å²) < 4.78 is 0. The van der Waals surface area contributed by atoms with Gasteiger partial charge in [0, 0.05) is 32.7 Å². The van der Waals surface area contributed by atoms with E-state index >= 15 is 0 Å². The number of hydrogen-bond donors (Lipinski definition) is 1. The van der Waals surface area contributed by atoms with Gasteiger partial charge in [0.15, 0.2) is 0 Å². The second-order valence-corrected chi connectivity index (χ2v) is 2.09. The van der Waals surface area contributed by atoms with Crippen LogP contribution >= 0.6 is 0 Å². The van der Waals surface area contributed by atoms with E-state index in [-0.39, 0.29) is 40.1 Å². The number of hydrogen-bond acceptors (Lipinski definition) is 1. The Kier molecular flexibility index (Phi) is 10.6. The first-order chi connectivity index (χ1) is 3.50. The molecule has 1 N–H and O–H groups in total. The maximum atomic E-state index is 10.2. The van der Waals surface area contributed by atoms with Gasteiger partial charge in [-0.15, -0.1) is 0 Å². The van der Waals surface area contributed by atoms with Gasteiger partial charge in [-0.1, -0.05) is 13.8 Å². The molecule has 0 bridgehead atoms. The molecule has 0 spiro atoms. The van der Waals surface area contributed by atoms with Crippen LogP contribution in [-0.2, 0) is 37.5 Å². The minimum atomic E-state index is -0.917. The van der Waals surface area contributed by atoms with Crippen LogP contribution in [0.4, 0.5) is 0 Å². The Labute approximate surface area is 87.5 Å². The number of carboxylic acid groups (broad SMARTS) is 1. The van der Waals surface area contributed by atoms with Gasteiger partial charge in [-0.3, -0.25) is 4.79 Å². The summed E-state index contributed by atoms with van der Waals surface area (Å²) in [5.74, 6) is -0.889. The summed E-state index contributed by atoms with van der Waals surface area (Å²) in [5.41, 5.74) is -0.917. The zero-order chi connectivity index (χ0) is 6.78. The molecule has 0 amide bonds. The van der Waals surface area contributed by atoms with E-state index in [1.807, 2.05) is 0 Å². The first kappa shape index (κ1) is 16.9. The third-order valence-corrected chi connectivity index (χ3v) is 1.08. The van der Waals surface area contributed by atoms with Crippen molar-refractivity contribution in [1.29, 1.82) is 0 Å². The fourth-order valence-electron chi connectivity index (χ4n) is 0.0956. The van der Waals surface area contributed by atoms with Gasteiger partial charge in [0.05, 0.1) is 0 Å². The fraction of sp³-hybridized carbons (Fsp3) is 0.667. The molecule has 0 saturated carbocycles. The van der Waals surface area contributed by atoms with Crippen molar-refractivity contribution in [2.24, 2.45) is 0 Å². The summed E-state index contributed by atoms with van der Waals surface area (Å²) in [6.45, 7) is 3.10. The number of likely N-dealkylation sites (N-methyl/N-ethyl adjacent to an activating group) is 1. The monoisotopic (exact) mass is 220 g/mol. The second kappa shape index (κ2) is 6.26. The molecule has 0 heterocycles. The predicted octanol–water partition coefficient (Wildman–Crippen LogP) is 1.30. The summed E-state index contributed by atoms with van der Waals surface area (Å²) in [6, 6.07) is 0. The van der Waals surface area contributed by atoms with Crippen LogP contribution in [0.3, 0.4) is 0 Å². The minimum Gasteiger partial charge on any atom is -0.651 e. The van der Waals surface area contributed by atoms with Gasteiger partial charge in [-0.2, -0.15) is 7.05 Å². The molecule has 0 fully saturated rings. The molecular weight excluding hydrogens is 207 g/mol. The van der Waals surface area contributed by atoms with Crippen LogP contribution in [-0.4, -0.2) is 23.7 Å². The zero-order valence-electron chi connectivity index (χ0n) is 6.88. The Balaban J connectivity index is -0.000000245. The van der Waals surface area contributed by atoms with E-state index in [0.29, 0.717) is 0 Å². The van der Waals surface area contributed by atoms with E-state index in [0.717, 1.165) is 0 Å². The van der Waals surface area contributed by atoms with Crippen LogP contribution in [0.2, 0.25) is 0 Å². The van der Waals surface area contributed by atoms with E-state index in [9.17, 15) is 4.79 Å². The Morgan fingerprint density at radius 2 is 1.80 bits per heavy atom. The molecule has 10 heavy (non-hydrogen) atoms. The smallest absolute Gasteiger partial charge is 0.288 e. The molecule has 0 aliphatic heterocycles. The van der Waals surface area contributed by atoms with Gasteiger partial charge >= 0.3 is 0 Å². The van der Waals surface area contributed by atoms with Crippen molar-refractivity contribution in [2.45, 2.75) is 19.4 Å². The molecule has 0 unspecified atom stereocenters. The van der Waals surface area contributed by atoms with Gasteiger partial charge in [-0.05, 0) is 5.54 Å². The molecule has 0 aliphatic rings. The van der Waals surface area contributed by atoms with Crippen molar-refractivity contribution < 1.29 is 42.6 Å². The number of rotatable bonds is 2. The Morgan fingerprint density at radius 3 is 1.80 bits per heavy atom. The molecule has 0 rings (SSSR count). The van der Waals surface area contributed by atoms with Crippen LogP contribution in [0, 0.1) is 7.43 Å². The van der Waals surface area contributed by atoms with Crippen molar-refractivity contribution in [3.63, 3.8) is 0 Å². The fourth-order valence-corrected chi connectivity index (χ4v) is 0.0956. The van der Waals surface area contributed by atoms with E-state index < -0.39 is 11.5 Å². The van der Waals surface area contributed by atoms with Crippen molar-refractivity contribution in [2.75, 3.05) is 7.05 Å². The number of nitrogens with zero attached hydrogens (tertiary/aromatic N) is 1. The molecule has 1 radical (unpaired) electrons. The van der Waals surface area contributed by atoms with E-state index in [1.165, 1.54) is 7.05 Å². The first-order valence-electron chi connectivity index (χ1n) is 2.35. The summed E-state index contributed by atoms with van der Waals surface area (Å²) in [6.07, 6.45) is 0. The third-order valence-electron chi connectivity index (χ3n) is 1.08. The zero-order valence-corrected chi connectivity index (χ0v) is 9.72. The van der Waals surface area contributed by atoms with E-state index in [2.05, 4.69) is 5.32 Å². The van der Waals surface area contributed by atoms with Gasteiger partial charge in [0.1, 0.15) is 0 Å². The molecular formula is C6H13NO2Y-2. The van der Waals surface area contributed by atoms with Crippen molar-refractivity contribution in [1.82, 2.24) is 0 Å². The standard InChI is InChI=1S/C5H10NO2.CH3.Y/c1-5(2,6-3)4(7)8;;/h1-3H3,(H,7,8);1H3;/q2*-1;. The Hall–Kier alpha value is 0.534. The van der Waals surface area contributed by atoms with Crippen LogP contribution in [0.25, 0.3) is 5.32 Å². The van der Waals surface area contributed by atoms with Crippen LogP contribution in [0.1, 0.15) is 13.8 Å². The van der Waals surface area contributed by atoms with Gasteiger partial charge in [-0.25, -0.2) is 0 Å². The second-order valence-electron chi connectivity index (χ2n) is 2.09. The summed E-state index contributed by atoms with van der Waals surface area (Å²) in [7, 11) is 1.49. The molecule has 0 aromatic heterocycles. The quantitative estimate of drug-likeness (QED) is 0.713. The third kappa shape index (κ3) is 5.33. The van der Waals surface area contributed by atoms with Crippen LogP contribution in [0.5, 0.6) is 0 Å². The van der Waals surface area contributed by atoms with E-state index in [1.54, 1.807) is 13.8 Å². The van der Waals surface area contributed by atoms with Crippen molar-refractivity contribution in [3.8, 4) is 0 Å². The van der Waals surface area contributed by atoms with E-state index in [4.69, 9.17) is 5.11 Å². The van der Waals surface area contributed by atoms with Gasteiger partial charge in [0.25, 0.3) is 5.97 Å². The summed E-state index contributed by atoms with van der Waals surface area (Å²) >= 11 is 0. The summed E-state index contributed by atoms with van der Waals surface area (Å²) in [5, 5.41) is 12.0. The first-order valence-corrected chi connectivity index (χ1v) is 2.35. The molecule has 0 aliphatic carbocycles.